The van der Waals surface area contributed by atoms with Crippen LogP contribution in [0.2, 0.25) is 0 Å². The van der Waals surface area contributed by atoms with Crippen molar-refractivity contribution in [3.05, 3.63) is 0 Å². The van der Waals surface area contributed by atoms with Gasteiger partial charge >= 0.3 is 6.03 Å². The summed E-state index contributed by atoms with van der Waals surface area (Å²) in [5.41, 5.74) is 4.82. The van der Waals surface area contributed by atoms with Gasteiger partial charge in [-0.3, -0.25) is 5.32 Å². The van der Waals surface area contributed by atoms with Crippen LogP contribution < -0.4 is 11.1 Å². The molecule has 0 aromatic rings. The topological polar surface area (TPSA) is 58.4 Å². The maximum absolute atomic E-state index is 10.2. The molecule has 0 saturated carbocycles. The van der Waals surface area contributed by atoms with Gasteiger partial charge in [0.05, 0.1) is 0 Å². The maximum Gasteiger partial charge on any atom is 0.318 e. The van der Waals surface area contributed by atoms with Gasteiger partial charge in [0.2, 0.25) is 0 Å². The van der Waals surface area contributed by atoms with Crippen LogP contribution in [0.25, 0.3) is 0 Å². The normalized spacial score (nSPS) is 8.60. The molecule has 3 N–H and O–H groups in total. The van der Waals surface area contributed by atoms with Gasteiger partial charge in [-0.2, -0.15) is 0 Å². The van der Waals surface area contributed by atoms with Gasteiger partial charge in [0.25, 0.3) is 0 Å². The molecule has 10 heavy (non-hydrogen) atoms. The van der Waals surface area contributed by atoms with Gasteiger partial charge in [0.15, 0.2) is 5.11 Å². The number of hydrogen-bond donors (Lipinski definition) is 2. The molecule has 0 spiro atoms. The monoisotopic (exact) mass is 161 g/mol. The number of carbonyl (C=O) groups is 1. The minimum Gasteiger partial charge on any atom is -0.352 e. The molecule has 0 rings (SSSR count). The highest BCUT2D eigenvalue weighted by Crippen LogP contribution is 1.81. The van der Waals surface area contributed by atoms with Gasteiger partial charge in [0.1, 0.15) is 0 Å². The van der Waals surface area contributed by atoms with Crippen molar-refractivity contribution in [3.8, 4) is 0 Å². The Kier molecular flexibility index (Phi) is 3.71. The molecule has 0 fully saturated rings. The fraction of sp³-hybridized carbons (Fsp3) is 0.600. The lowest BCUT2D eigenvalue weighted by molar-refractivity contribution is 0.252. The number of thiocarbonyl (C=S) groups is 1. The number of nitrogens with zero attached hydrogens (tertiary/aromatic N) is 1. The van der Waals surface area contributed by atoms with Gasteiger partial charge in [-0.1, -0.05) is 0 Å². The van der Waals surface area contributed by atoms with E-state index in [0.29, 0.717) is 5.11 Å². The Morgan fingerprint density at radius 2 is 2.30 bits per heavy atom. The van der Waals surface area contributed by atoms with Crippen molar-refractivity contribution in [1.82, 2.24) is 10.2 Å². The van der Waals surface area contributed by atoms with E-state index < -0.39 is 6.03 Å². The lowest BCUT2D eigenvalue weighted by atomic mass is 10.6. The number of urea groups is 1. The Bertz CT molecular complexity index is 148. The van der Waals surface area contributed by atoms with Crippen molar-refractivity contribution in [3.63, 3.8) is 0 Å². The second kappa shape index (κ2) is 4.05. The van der Waals surface area contributed by atoms with Gasteiger partial charge in [-0.05, 0) is 19.1 Å². The summed E-state index contributed by atoms with van der Waals surface area (Å²) in [6, 6.07) is -0.620. The molecule has 0 unspecified atom stereocenters. The summed E-state index contributed by atoms with van der Waals surface area (Å²) in [5.74, 6) is 0. The fourth-order valence-corrected chi connectivity index (χ4v) is 0.574. The summed E-state index contributed by atoms with van der Waals surface area (Å²) < 4.78 is 0. The molecule has 5 heteroatoms. The third-order valence-corrected chi connectivity index (χ3v) is 1.46. The molecule has 0 radical (unpaired) electrons. The molecule has 0 atom stereocenters. The van der Waals surface area contributed by atoms with Crippen LogP contribution in [0.4, 0.5) is 4.79 Å². The second-order valence-electron chi connectivity index (χ2n) is 1.81. The van der Waals surface area contributed by atoms with E-state index in [4.69, 9.17) is 18.0 Å². The highest BCUT2D eigenvalue weighted by Gasteiger charge is 2.01. The molecule has 58 valence electrons. The molecule has 2 amide bonds. The first-order chi connectivity index (χ1) is 4.57. The van der Waals surface area contributed by atoms with E-state index in [1.165, 1.54) is 0 Å². The Hall–Kier alpha value is -0.840. The molecule has 4 nitrogen and oxygen atoms in total. The summed E-state index contributed by atoms with van der Waals surface area (Å²) in [4.78, 5) is 11.9. The van der Waals surface area contributed by atoms with E-state index in [-0.39, 0.29) is 0 Å². The van der Waals surface area contributed by atoms with Crippen molar-refractivity contribution >= 4 is 23.4 Å². The summed E-state index contributed by atoms with van der Waals surface area (Å²) in [6.45, 7) is 2.67. The van der Waals surface area contributed by atoms with E-state index in [2.05, 4.69) is 5.32 Å². The second-order valence-corrected chi connectivity index (χ2v) is 2.20. The van der Waals surface area contributed by atoms with E-state index >= 15 is 0 Å². The van der Waals surface area contributed by atoms with Crippen LogP contribution in [0.3, 0.4) is 0 Å². The van der Waals surface area contributed by atoms with Crippen LogP contribution in [0.1, 0.15) is 6.92 Å². The van der Waals surface area contributed by atoms with Crippen LogP contribution in [0, 0.1) is 0 Å². The zero-order valence-corrected chi connectivity index (χ0v) is 6.86. The van der Waals surface area contributed by atoms with Crippen LogP contribution in [0.5, 0.6) is 0 Å². The minimum absolute atomic E-state index is 0.356. The SMILES string of the molecule is CCN(C)C(=S)NC(N)=O. The number of primary amides is 1. The van der Waals surface area contributed by atoms with Crippen molar-refractivity contribution in [2.45, 2.75) is 6.92 Å². The van der Waals surface area contributed by atoms with Crippen molar-refractivity contribution < 1.29 is 4.79 Å². The van der Waals surface area contributed by atoms with E-state index in [1.54, 1.807) is 11.9 Å². The third kappa shape index (κ3) is 3.24. The lowest BCUT2D eigenvalue weighted by Crippen LogP contribution is -2.42. The third-order valence-electron chi connectivity index (χ3n) is 1.05. The van der Waals surface area contributed by atoms with Gasteiger partial charge in [-0.15, -0.1) is 0 Å². The van der Waals surface area contributed by atoms with Gasteiger partial charge in [-0.25, -0.2) is 4.79 Å². The largest absolute Gasteiger partial charge is 0.352 e. The average Bonchev–Trinajstić information content (AvgIpc) is 1.85. The number of carbonyl (C=O) groups excluding carboxylic acids is 1. The molecular weight excluding hydrogens is 150 g/mol. The molecule has 0 aliphatic rings. The molecule has 0 aromatic carbocycles. The van der Waals surface area contributed by atoms with Crippen molar-refractivity contribution in [2.75, 3.05) is 13.6 Å². The molecule has 0 aliphatic heterocycles. The highest BCUT2D eigenvalue weighted by atomic mass is 32.1. The average molecular weight is 161 g/mol. The molecular formula is C5H11N3OS. The predicted molar refractivity (Wildman–Crippen MR) is 43.6 cm³/mol. The summed E-state index contributed by atoms with van der Waals surface area (Å²) in [5, 5.41) is 2.65. The van der Waals surface area contributed by atoms with Crippen LogP contribution in [0.15, 0.2) is 0 Å². The van der Waals surface area contributed by atoms with Gasteiger partial charge in [0, 0.05) is 13.6 Å². The number of amides is 2. The Morgan fingerprint density at radius 3 is 2.60 bits per heavy atom. The first-order valence-electron chi connectivity index (χ1n) is 2.89. The smallest absolute Gasteiger partial charge is 0.318 e. The first kappa shape index (κ1) is 9.16. The minimum atomic E-state index is -0.620. The van der Waals surface area contributed by atoms with Crippen molar-refractivity contribution in [2.24, 2.45) is 5.73 Å². The molecule has 0 bridgehead atoms. The first-order valence-corrected chi connectivity index (χ1v) is 3.30. The zero-order chi connectivity index (χ0) is 8.15. The standard InChI is InChI=1S/C5H11N3OS/c1-3-8(2)5(10)7-4(6)9/h3H2,1-2H3,(H3,6,7,9,10). The van der Waals surface area contributed by atoms with Crippen molar-refractivity contribution in [1.29, 1.82) is 0 Å². The fourth-order valence-electron chi connectivity index (χ4n) is 0.344. The van der Waals surface area contributed by atoms with E-state index in [9.17, 15) is 4.79 Å². The Balaban J connectivity index is 3.73. The van der Waals surface area contributed by atoms with Crippen LogP contribution in [-0.2, 0) is 0 Å². The molecule has 0 saturated heterocycles. The quantitative estimate of drug-likeness (QED) is 0.528. The van der Waals surface area contributed by atoms with E-state index in [1.807, 2.05) is 6.92 Å². The highest BCUT2D eigenvalue weighted by molar-refractivity contribution is 7.80. The van der Waals surface area contributed by atoms with E-state index in [0.717, 1.165) is 6.54 Å². The maximum atomic E-state index is 10.2. The molecule has 0 aromatic heterocycles. The summed E-state index contributed by atoms with van der Waals surface area (Å²) in [7, 11) is 1.78. The molecule has 0 heterocycles. The summed E-state index contributed by atoms with van der Waals surface area (Å²) >= 11 is 4.77. The zero-order valence-electron chi connectivity index (χ0n) is 6.05. The Labute approximate surface area is 65.4 Å². The van der Waals surface area contributed by atoms with Gasteiger partial charge < -0.3 is 10.6 Å². The van der Waals surface area contributed by atoms with Crippen LogP contribution >= 0.6 is 12.2 Å². The number of nitrogens with one attached hydrogen (secondary N) is 1. The number of hydrogen-bond acceptors (Lipinski definition) is 2. The lowest BCUT2D eigenvalue weighted by Gasteiger charge is -2.16. The Morgan fingerprint density at radius 1 is 1.80 bits per heavy atom. The number of rotatable bonds is 1. The number of nitrogens with two attached hydrogens (primary N) is 1. The predicted octanol–water partition coefficient (Wildman–Crippen LogP) is -0.109. The summed E-state index contributed by atoms with van der Waals surface area (Å²) in [6.07, 6.45) is 0. The van der Waals surface area contributed by atoms with Crippen LogP contribution in [-0.4, -0.2) is 29.6 Å². The molecule has 0 aliphatic carbocycles.